The number of likely N-dealkylation sites (tertiary alicyclic amines) is 1. The van der Waals surface area contributed by atoms with E-state index in [4.69, 9.17) is 4.74 Å². The minimum Gasteiger partial charge on any atom is -0.480 e. The molecule has 1 aliphatic rings. The van der Waals surface area contributed by atoms with Gasteiger partial charge in [-0.05, 0) is 47.2 Å². The van der Waals surface area contributed by atoms with Crippen LogP contribution in [0.3, 0.4) is 0 Å². The molecule has 1 heterocycles. The van der Waals surface area contributed by atoms with Crippen LogP contribution in [-0.2, 0) is 9.53 Å². The summed E-state index contributed by atoms with van der Waals surface area (Å²) in [6.45, 7) is 6.09. The Hall–Kier alpha value is -1.30. The van der Waals surface area contributed by atoms with Crippen LogP contribution >= 0.6 is 0 Å². The molecule has 0 aromatic rings. The molecule has 0 aromatic carbocycles. The van der Waals surface area contributed by atoms with Crippen LogP contribution in [0.25, 0.3) is 0 Å². The first-order valence-electron chi connectivity index (χ1n) is 6.63. The molecule has 2 unspecified atom stereocenters. The van der Waals surface area contributed by atoms with E-state index in [9.17, 15) is 14.7 Å². The van der Waals surface area contributed by atoms with Crippen LogP contribution < -0.4 is 5.32 Å². The minimum absolute atomic E-state index is 0.182. The van der Waals surface area contributed by atoms with Crippen molar-refractivity contribution in [2.24, 2.45) is 0 Å². The molecule has 0 bridgehead atoms. The number of carbonyl (C=O) groups excluding carboxylic acids is 1. The number of nitrogens with zero attached hydrogens (tertiary/aromatic N) is 1. The summed E-state index contributed by atoms with van der Waals surface area (Å²) in [5.74, 6) is -1.02. The summed E-state index contributed by atoms with van der Waals surface area (Å²) < 4.78 is 5.11. The highest BCUT2D eigenvalue weighted by Crippen LogP contribution is 2.18. The van der Waals surface area contributed by atoms with E-state index in [2.05, 4.69) is 5.32 Å². The Bertz CT molecular complexity index is 338. The summed E-state index contributed by atoms with van der Waals surface area (Å²) in [6.07, 6.45) is 2.13. The molecule has 110 valence electrons. The molecule has 1 saturated heterocycles. The molecule has 6 heteroatoms. The lowest BCUT2D eigenvalue weighted by Crippen LogP contribution is -2.56. The number of hydrogen-bond donors (Lipinski definition) is 2. The van der Waals surface area contributed by atoms with Gasteiger partial charge in [0.15, 0.2) is 0 Å². The van der Waals surface area contributed by atoms with Crippen molar-refractivity contribution in [3.63, 3.8) is 0 Å². The molecule has 19 heavy (non-hydrogen) atoms. The lowest BCUT2D eigenvalue weighted by molar-refractivity contribution is -0.141. The van der Waals surface area contributed by atoms with E-state index in [1.165, 1.54) is 0 Å². The Morgan fingerprint density at radius 3 is 2.47 bits per heavy atom. The van der Waals surface area contributed by atoms with Gasteiger partial charge in [-0.1, -0.05) is 6.42 Å². The fraction of sp³-hybridized carbons (Fsp3) is 0.846. The standard InChI is InChI=1S/C13H24N2O4/c1-13(2,3)19-12(18)14-10(11(16)17)9-7-5-6-8-15(9)4/h9-10H,5-8H2,1-4H3,(H,14,18)(H,16,17). The Morgan fingerprint density at radius 2 is 2.00 bits per heavy atom. The third-order valence-electron chi connectivity index (χ3n) is 3.15. The summed E-state index contributed by atoms with van der Waals surface area (Å²) in [7, 11) is 1.89. The first-order valence-corrected chi connectivity index (χ1v) is 6.63. The fourth-order valence-corrected chi connectivity index (χ4v) is 2.28. The zero-order valence-electron chi connectivity index (χ0n) is 12.1. The maximum atomic E-state index is 11.7. The highest BCUT2D eigenvalue weighted by molar-refractivity contribution is 5.80. The first kappa shape index (κ1) is 15.8. The van der Waals surface area contributed by atoms with Crippen LogP contribution in [0.4, 0.5) is 4.79 Å². The number of aliphatic carboxylic acids is 1. The largest absolute Gasteiger partial charge is 0.480 e. The molecule has 0 aromatic heterocycles. The molecule has 1 fully saturated rings. The van der Waals surface area contributed by atoms with Gasteiger partial charge in [0.25, 0.3) is 0 Å². The summed E-state index contributed by atoms with van der Waals surface area (Å²) in [5, 5.41) is 11.8. The van der Waals surface area contributed by atoms with Gasteiger partial charge in [-0.15, -0.1) is 0 Å². The number of rotatable bonds is 3. The average molecular weight is 272 g/mol. The summed E-state index contributed by atoms with van der Waals surface area (Å²) >= 11 is 0. The fourth-order valence-electron chi connectivity index (χ4n) is 2.28. The van der Waals surface area contributed by atoms with Crippen LogP contribution in [0.1, 0.15) is 40.0 Å². The first-order chi connectivity index (χ1) is 8.70. The van der Waals surface area contributed by atoms with E-state index in [1.54, 1.807) is 20.8 Å². The van der Waals surface area contributed by atoms with Crippen molar-refractivity contribution in [2.45, 2.75) is 57.7 Å². The zero-order valence-corrected chi connectivity index (χ0v) is 12.1. The summed E-state index contributed by atoms with van der Waals surface area (Å²) in [5.41, 5.74) is -0.633. The molecular formula is C13H24N2O4. The second-order valence-corrected chi connectivity index (χ2v) is 6.01. The smallest absolute Gasteiger partial charge is 0.408 e. The van der Waals surface area contributed by atoms with Crippen molar-refractivity contribution in [1.82, 2.24) is 10.2 Å². The minimum atomic E-state index is -1.02. The molecule has 1 aliphatic heterocycles. The predicted molar refractivity (Wildman–Crippen MR) is 71.1 cm³/mol. The van der Waals surface area contributed by atoms with E-state index < -0.39 is 23.7 Å². The Morgan fingerprint density at radius 1 is 1.37 bits per heavy atom. The van der Waals surface area contributed by atoms with Crippen LogP contribution in [0.2, 0.25) is 0 Å². The van der Waals surface area contributed by atoms with Gasteiger partial charge in [-0.2, -0.15) is 0 Å². The highest BCUT2D eigenvalue weighted by Gasteiger charge is 2.34. The van der Waals surface area contributed by atoms with E-state index >= 15 is 0 Å². The second kappa shape index (κ2) is 6.23. The molecule has 1 amide bonds. The van der Waals surface area contributed by atoms with Gasteiger partial charge in [0.1, 0.15) is 11.6 Å². The normalized spacial score (nSPS) is 22.6. The monoisotopic (exact) mass is 272 g/mol. The number of likely N-dealkylation sites (N-methyl/N-ethyl adjacent to an activating group) is 1. The van der Waals surface area contributed by atoms with Crippen molar-refractivity contribution in [2.75, 3.05) is 13.6 Å². The van der Waals surface area contributed by atoms with Crippen LogP contribution in [-0.4, -0.2) is 53.3 Å². The molecule has 0 saturated carbocycles. The van der Waals surface area contributed by atoms with Crippen molar-refractivity contribution in [3.05, 3.63) is 0 Å². The highest BCUT2D eigenvalue weighted by atomic mass is 16.6. The molecular weight excluding hydrogens is 248 g/mol. The molecule has 2 atom stereocenters. The quantitative estimate of drug-likeness (QED) is 0.813. The summed E-state index contributed by atoms with van der Waals surface area (Å²) in [4.78, 5) is 25.0. The van der Waals surface area contributed by atoms with E-state index in [0.717, 1.165) is 25.8 Å². The van der Waals surface area contributed by atoms with Gasteiger partial charge >= 0.3 is 12.1 Å². The molecule has 1 rings (SSSR count). The lowest BCUT2D eigenvalue weighted by Gasteiger charge is -2.36. The van der Waals surface area contributed by atoms with Crippen molar-refractivity contribution < 1.29 is 19.4 Å². The molecule has 6 nitrogen and oxygen atoms in total. The average Bonchev–Trinajstić information content (AvgIpc) is 2.24. The second-order valence-electron chi connectivity index (χ2n) is 6.01. The number of carboxylic acids is 1. The van der Waals surface area contributed by atoms with Crippen LogP contribution in [0.5, 0.6) is 0 Å². The van der Waals surface area contributed by atoms with Gasteiger partial charge in [-0.3, -0.25) is 0 Å². The van der Waals surface area contributed by atoms with E-state index in [1.807, 2.05) is 11.9 Å². The van der Waals surface area contributed by atoms with Gasteiger partial charge in [-0.25, -0.2) is 9.59 Å². The van der Waals surface area contributed by atoms with Gasteiger partial charge in [0.05, 0.1) is 0 Å². The lowest BCUT2D eigenvalue weighted by atomic mass is 9.96. The zero-order chi connectivity index (χ0) is 14.6. The van der Waals surface area contributed by atoms with E-state index in [0.29, 0.717) is 0 Å². The van der Waals surface area contributed by atoms with Crippen LogP contribution in [0.15, 0.2) is 0 Å². The third-order valence-corrected chi connectivity index (χ3v) is 3.15. The number of carboxylic acid groups (broad SMARTS) is 1. The van der Waals surface area contributed by atoms with E-state index in [-0.39, 0.29) is 6.04 Å². The maximum Gasteiger partial charge on any atom is 0.408 e. The number of carbonyl (C=O) groups is 2. The van der Waals surface area contributed by atoms with Crippen molar-refractivity contribution >= 4 is 12.1 Å². The summed E-state index contributed by atoms with van der Waals surface area (Å²) in [6, 6.07) is -1.11. The number of nitrogens with one attached hydrogen (secondary N) is 1. The van der Waals surface area contributed by atoms with Gasteiger partial charge in [0, 0.05) is 6.04 Å². The Kier molecular flexibility index (Phi) is 5.17. The van der Waals surface area contributed by atoms with Crippen LogP contribution in [0, 0.1) is 0 Å². The number of amides is 1. The number of ether oxygens (including phenoxy) is 1. The molecule has 0 radical (unpaired) electrons. The molecule has 2 N–H and O–H groups in total. The SMILES string of the molecule is CN1CCCCC1C(NC(=O)OC(C)(C)C)C(=O)O. The van der Waals surface area contributed by atoms with Gasteiger partial charge in [0.2, 0.25) is 0 Å². The van der Waals surface area contributed by atoms with Gasteiger partial charge < -0.3 is 20.1 Å². The number of piperidine rings is 1. The third kappa shape index (κ3) is 5.06. The Balaban J connectivity index is 2.67. The molecule has 0 spiro atoms. The topological polar surface area (TPSA) is 78.9 Å². The maximum absolute atomic E-state index is 11.7. The number of alkyl carbamates (subject to hydrolysis) is 1. The van der Waals surface area contributed by atoms with Crippen molar-refractivity contribution in [3.8, 4) is 0 Å². The molecule has 0 aliphatic carbocycles. The Labute approximate surface area is 114 Å². The van der Waals surface area contributed by atoms with Crippen molar-refractivity contribution in [1.29, 1.82) is 0 Å². The predicted octanol–water partition coefficient (Wildman–Crippen LogP) is 1.45. The number of hydrogen-bond acceptors (Lipinski definition) is 4.